The average Bonchev–Trinajstić information content (AvgIpc) is 2.77. The number of nitrogens with one attached hydrogen (secondary N) is 1. The van der Waals surface area contributed by atoms with Gasteiger partial charge < -0.3 is 14.8 Å². The van der Waals surface area contributed by atoms with Crippen molar-refractivity contribution in [3.05, 3.63) is 59.4 Å². The van der Waals surface area contributed by atoms with Crippen LogP contribution in [0.2, 0.25) is 0 Å². The quantitative estimate of drug-likeness (QED) is 0.251. The number of ether oxygens (including phenoxy) is 2. The first-order valence-electron chi connectivity index (χ1n) is 11.5. The molecule has 0 atom stereocenters. The Hall–Kier alpha value is -3.39. The molecule has 1 aliphatic rings. The van der Waals surface area contributed by atoms with E-state index in [-0.39, 0.29) is 30.0 Å². The minimum atomic E-state index is -1.08. The van der Waals surface area contributed by atoms with Crippen LogP contribution in [0.3, 0.4) is 0 Å². The van der Waals surface area contributed by atoms with Gasteiger partial charge in [-0.25, -0.2) is 14.4 Å². The van der Waals surface area contributed by atoms with Gasteiger partial charge in [-0.05, 0) is 50.8 Å². The van der Waals surface area contributed by atoms with Gasteiger partial charge >= 0.3 is 0 Å². The van der Waals surface area contributed by atoms with Crippen LogP contribution >= 0.6 is 0 Å². The van der Waals surface area contributed by atoms with Crippen molar-refractivity contribution >= 4 is 29.2 Å². The van der Waals surface area contributed by atoms with Crippen molar-refractivity contribution in [1.29, 1.82) is 0 Å². The lowest BCUT2D eigenvalue weighted by Crippen LogP contribution is -2.39. The van der Waals surface area contributed by atoms with Gasteiger partial charge in [0.2, 0.25) is 5.95 Å². The van der Waals surface area contributed by atoms with Crippen LogP contribution in [0.25, 0.3) is 5.57 Å². The molecular formula is C27H33FN4O3. The number of aliphatic imine (C=N–C) groups is 1. The summed E-state index contributed by atoms with van der Waals surface area (Å²) in [4.78, 5) is 25.0. The lowest BCUT2D eigenvalue weighted by atomic mass is 9.74. The van der Waals surface area contributed by atoms with E-state index in [2.05, 4.69) is 26.9 Å². The summed E-state index contributed by atoms with van der Waals surface area (Å²) >= 11 is 0. The van der Waals surface area contributed by atoms with Gasteiger partial charge in [-0.2, -0.15) is 0 Å². The van der Waals surface area contributed by atoms with Gasteiger partial charge in [0.25, 0.3) is 0 Å². The molecule has 1 saturated carbocycles. The van der Waals surface area contributed by atoms with E-state index in [0.717, 1.165) is 16.7 Å². The zero-order valence-corrected chi connectivity index (χ0v) is 21.0. The van der Waals surface area contributed by atoms with E-state index in [9.17, 15) is 9.18 Å². The number of ketones is 1. The van der Waals surface area contributed by atoms with Crippen molar-refractivity contribution in [2.24, 2.45) is 10.9 Å². The first-order valence-corrected chi connectivity index (χ1v) is 11.5. The van der Waals surface area contributed by atoms with Gasteiger partial charge in [-0.15, -0.1) is 0 Å². The van der Waals surface area contributed by atoms with Gasteiger partial charge in [0.05, 0.1) is 26.0 Å². The highest BCUT2D eigenvalue weighted by Crippen LogP contribution is 2.40. The molecule has 3 rings (SSSR count). The minimum Gasteiger partial charge on any atom is -0.496 e. The highest BCUT2D eigenvalue weighted by atomic mass is 19.1. The summed E-state index contributed by atoms with van der Waals surface area (Å²) < 4.78 is 25.0. The summed E-state index contributed by atoms with van der Waals surface area (Å²) in [6, 6.07) is 7.23. The number of Topliss-reactive ketones (excluding diaryl/α,β-unsaturated/α-hetero) is 1. The van der Waals surface area contributed by atoms with Gasteiger partial charge in [-0.3, -0.25) is 9.79 Å². The fraction of sp³-hybridized carbons (Fsp3) is 0.407. The number of methoxy groups -OCH3 is 1. The normalized spacial score (nSPS) is 19.9. The predicted molar refractivity (Wildman–Crippen MR) is 137 cm³/mol. The smallest absolute Gasteiger partial charge is 0.228 e. The Kier molecular flexibility index (Phi) is 8.51. The fourth-order valence-electron chi connectivity index (χ4n) is 4.13. The Bertz CT molecular complexity index is 1150. The number of rotatable bonds is 11. The molecule has 0 spiro atoms. The van der Waals surface area contributed by atoms with E-state index in [1.165, 1.54) is 6.92 Å². The number of halogens is 1. The second kappa shape index (κ2) is 11.4. The summed E-state index contributed by atoms with van der Waals surface area (Å²) in [6.45, 7) is 9.60. The topological polar surface area (TPSA) is 85.7 Å². The first kappa shape index (κ1) is 26.2. The summed E-state index contributed by atoms with van der Waals surface area (Å²) in [7, 11) is 3.31. The molecule has 0 bridgehead atoms. The predicted octanol–water partition coefficient (Wildman–Crippen LogP) is 5.75. The number of hydrogen-bond acceptors (Lipinski definition) is 7. The molecule has 1 N–H and O–H groups in total. The Balaban J connectivity index is 1.79. The number of hydrogen-bond donors (Lipinski definition) is 1. The highest BCUT2D eigenvalue weighted by Gasteiger charge is 2.40. The molecule has 0 radical (unpaired) electrons. The number of nitrogens with zero attached hydrogens (tertiary/aromatic N) is 3. The van der Waals surface area contributed by atoms with E-state index in [0.29, 0.717) is 36.6 Å². The molecule has 2 aromatic rings. The van der Waals surface area contributed by atoms with Crippen LogP contribution in [0.4, 0.5) is 16.0 Å². The van der Waals surface area contributed by atoms with Crippen molar-refractivity contribution in [3.63, 3.8) is 0 Å². The number of benzene rings is 1. The van der Waals surface area contributed by atoms with Crippen LogP contribution in [-0.2, 0) is 11.3 Å². The Morgan fingerprint density at radius 2 is 2.06 bits per heavy atom. The van der Waals surface area contributed by atoms with Gasteiger partial charge in [0.1, 0.15) is 17.1 Å². The molecule has 0 amide bonds. The lowest BCUT2D eigenvalue weighted by Gasteiger charge is -2.38. The van der Waals surface area contributed by atoms with Crippen molar-refractivity contribution in [3.8, 4) is 5.75 Å². The first-order chi connectivity index (χ1) is 16.6. The van der Waals surface area contributed by atoms with E-state index in [1.54, 1.807) is 33.4 Å². The summed E-state index contributed by atoms with van der Waals surface area (Å²) in [5.41, 5.74) is 3.10. The molecule has 35 heavy (non-hydrogen) atoms. The summed E-state index contributed by atoms with van der Waals surface area (Å²) in [6.07, 6.45) is 4.70. The SMILES string of the molecule is C=C(C)/C=C(\C=N/C)c1ccc(Nc2nc(COCC3CC(C)(F)C3)cc(C(C)=O)n2)cc1OC. The third-order valence-corrected chi connectivity index (χ3v) is 5.61. The Labute approximate surface area is 206 Å². The second-order valence-corrected chi connectivity index (χ2v) is 9.20. The number of carbonyl (C=O) groups is 1. The van der Waals surface area contributed by atoms with Crippen molar-refractivity contribution in [2.75, 3.05) is 26.1 Å². The molecule has 1 aromatic heterocycles. The standard InChI is InChI=1S/C27H33FN4O3/c1-17(2)9-20(14-29-5)23-8-7-21(11-25(23)34-6)30-26-31-22(10-24(32-26)18(3)33)16-35-15-19-12-27(4,28)13-19/h7-11,14,19H,1,12-13,15-16H2,2-6H3,(H,30,31,32)/b20-9+,29-14-. The maximum absolute atomic E-state index is 13.7. The zero-order chi connectivity index (χ0) is 25.6. The van der Waals surface area contributed by atoms with Crippen molar-refractivity contribution in [2.45, 2.75) is 45.9 Å². The number of alkyl halides is 1. The Morgan fingerprint density at radius 3 is 2.66 bits per heavy atom. The molecule has 0 saturated heterocycles. The molecule has 1 aromatic carbocycles. The van der Waals surface area contributed by atoms with Crippen molar-refractivity contribution < 1.29 is 18.7 Å². The van der Waals surface area contributed by atoms with E-state index < -0.39 is 5.67 Å². The molecule has 1 aliphatic carbocycles. The maximum atomic E-state index is 13.7. The molecule has 7 nitrogen and oxygen atoms in total. The third-order valence-electron chi connectivity index (χ3n) is 5.61. The molecule has 0 unspecified atom stereocenters. The van der Waals surface area contributed by atoms with Crippen LogP contribution < -0.4 is 10.1 Å². The minimum absolute atomic E-state index is 0.176. The lowest BCUT2D eigenvalue weighted by molar-refractivity contribution is -0.0305. The van der Waals surface area contributed by atoms with Crippen LogP contribution in [0.5, 0.6) is 5.75 Å². The molecule has 1 fully saturated rings. The zero-order valence-electron chi connectivity index (χ0n) is 21.0. The van der Waals surface area contributed by atoms with Crippen molar-refractivity contribution in [1.82, 2.24) is 9.97 Å². The Morgan fingerprint density at radius 1 is 1.31 bits per heavy atom. The maximum Gasteiger partial charge on any atom is 0.228 e. The van der Waals surface area contributed by atoms with E-state index in [1.807, 2.05) is 31.2 Å². The second-order valence-electron chi connectivity index (χ2n) is 9.20. The van der Waals surface area contributed by atoms with Crippen LogP contribution in [0.15, 0.2) is 47.5 Å². The average molecular weight is 481 g/mol. The van der Waals surface area contributed by atoms with E-state index >= 15 is 0 Å². The van der Waals surface area contributed by atoms with Gasteiger partial charge in [0, 0.05) is 43.1 Å². The highest BCUT2D eigenvalue weighted by molar-refractivity contribution is 6.11. The molecule has 186 valence electrons. The van der Waals surface area contributed by atoms with Crippen LogP contribution in [-0.4, -0.2) is 48.4 Å². The number of carbonyl (C=O) groups excluding carboxylic acids is 1. The fourth-order valence-corrected chi connectivity index (χ4v) is 4.13. The summed E-state index contributed by atoms with van der Waals surface area (Å²) in [5.74, 6) is 0.947. The number of allylic oxidation sites excluding steroid dienone is 3. The molecule has 8 heteroatoms. The molecule has 1 heterocycles. The summed E-state index contributed by atoms with van der Waals surface area (Å²) in [5, 5.41) is 3.16. The van der Waals surface area contributed by atoms with Crippen LogP contribution in [0, 0.1) is 5.92 Å². The van der Waals surface area contributed by atoms with Gasteiger partial charge in [0.15, 0.2) is 5.78 Å². The monoisotopic (exact) mass is 480 g/mol. The largest absolute Gasteiger partial charge is 0.496 e. The van der Waals surface area contributed by atoms with Crippen LogP contribution in [0.1, 0.15) is 55.4 Å². The number of anilines is 2. The molecular weight excluding hydrogens is 447 g/mol. The van der Waals surface area contributed by atoms with E-state index in [4.69, 9.17) is 9.47 Å². The number of aromatic nitrogens is 2. The third kappa shape index (κ3) is 7.29. The molecule has 0 aliphatic heterocycles. The van der Waals surface area contributed by atoms with Gasteiger partial charge in [-0.1, -0.05) is 18.2 Å².